The second kappa shape index (κ2) is 11.8. The highest BCUT2D eigenvalue weighted by Crippen LogP contribution is 2.36. The summed E-state index contributed by atoms with van der Waals surface area (Å²) < 4.78 is 0. The summed E-state index contributed by atoms with van der Waals surface area (Å²) in [7, 11) is 0. The summed E-state index contributed by atoms with van der Waals surface area (Å²) >= 11 is 0. The van der Waals surface area contributed by atoms with E-state index >= 15 is 0 Å². The maximum Gasteiger partial charge on any atom is 0.242 e. The Labute approximate surface area is 197 Å². The van der Waals surface area contributed by atoms with Gasteiger partial charge in [0.2, 0.25) is 5.91 Å². The van der Waals surface area contributed by atoms with E-state index in [4.69, 9.17) is 4.84 Å². The second-order valence-electron chi connectivity index (χ2n) is 10.7. The van der Waals surface area contributed by atoms with Crippen LogP contribution in [-0.2, 0) is 9.63 Å². The number of nitrogens with one attached hydrogen (secondary N) is 1. The lowest BCUT2D eigenvalue weighted by molar-refractivity contribution is -0.276. The van der Waals surface area contributed by atoms with Crippen LogP contribution in [0.15, 0.2) is 54.1 Å². The minimum absolute atomic E-state index is 0.0536. The van der Waals surface area contributed by atoms with Crippen molar-refractivity contribution in [2.75, 3.05) is 0 Å². The van der Waals surface area contributed by atoms with E-state index in [1.807, 2.05) is 71.7 Å². The molecule has 0 heterocycles. The van der Waals surface area contributed by atoms with Gasteiger partial charge in [-0.25, -0.2) is 0 Å². The molecule has 1 N–H and O–H groups in total. The third-order valence-electron chi connectivity index (χ3n) is 5.04. The number of hydrogen-bond acceptors (Lipinski definition) is 3. The molecule has 0 aromatic heterocycles. The molecule has 4 nitrogen and oxygen atoms in total. The predicted octanol–water partition coefficient (Wildman–Crippen LogP) is 7.15. The highest BCUT2D eigenvalue weighted by molar-refractivity contribution is 5.85. The van der Waals surface area contributed by atoms with Crippen LogP contribution in [0.1, 0.15) is 100 Å². The molecule has 2 rings (SSSR count). The molecule has 4 heteroatoms. The van der Waals surface area contributed by atoms with Gasteiger partial charge < -0.3 is 5.32 Å². The Balaban J connectivity index is 0.00000249. The molecule has 0 saturated carbocycles. The zero-order valence-corrected chi connectivity index (χ0v) is 22.1. The third-order valence-corrected chi connectivity index (χ3v) is 5.04. The van der Waals surface area contributed by atoms with E-state index in [9.17, 15) is 4.79 Å². The van der Waals surface area contributed by atoms with Crippen LogP contribution >= 0.6 is 0 Å². The molecule has 1 amide bonds. The van der Waals surface area contributed by atoms with Crippen LogP contribution in [0, 0.1) is 0 Å². The van der Waals surface area contributed by atoms with Gasteiger partial charge in [0.05, 0.1) is 0 Å². The van der Waals surface area contributed by atoms with Gasteiger partial charge in [-0.05, 0) is 85.8 Å². The third kappa shape index (κ3) is 8.22. The van der Waals surface area contributed by atoms with Gasteiger partial charge in [-0.3, -0.25) is 9.63 Å². The van der Waals surface area contributed by atoms with E-state index < -0.39 is 5.54 Å². The Hall–Kier alpha value is -1.91. The minimum atomic E-state index is -0.867. The van der Waals surface area contributed by atoms with Gasteiger partial charge in [-0.2, -0.15) is 5.06 Å². The van der Waals surface area contributed by atoms with Crippen molar-refractivity contribution < 1.29 is 9.63 Å². The quantitative estimate of drug-likeness (QED) is 0.476. The van der Waals surface area contributed by atoms with Crippen molar-refractivity contribution in [2.45, 2.75) is 111 Å². The molecule has 1 atom stereocenters. The smallest absolute Gasteiger partial charge is 0.242 e. The average Bonchev–Trinajstić information content (AvgIpc) is 2.97. The number of carbonyl (C=O) groups is 1. The number of amides is 1. The first-order valence-electron chi connectivity index (χ1n) is 12.0. The van der Waals surface area contributed by atoms with E-state index in [1.165, 1.54) is 0 Å². The van der Waals surface area contributed by atoms with Crippen molar-refractivity contribution in [2.24, 2.45) is 0 Å². The molecule has 1 aromatic carbocycles. The zero-order valence-electron chi connectivity index (χ0n) is 22.1. The lowest BCUT2D eigenvalue weighted by Gasteiger charge is -2.47. The first kappa shape index (κ1) is 28.1. The normalized spacial score (nSPS) is 15.9. The highest BCUT2D eigenvalue weighted by atomic mass is 16.7. The van der Waals surface area contributed by atoms with Gasteiger partial charge in [-0.15, -0.1) is 0 Å². The largest absolute Gasteiger partial charge is 0.350 e. The maximum absolute atomic E-state index is 13.3. The van der Waals surface area contributed by atoms with Gasteiger partial charge >= 0.3 is 0 Å². The fourth-order valence-electron chi connectivity index (χ4n) is 3.75. The SMILES string of the molecule is CC.CC(C)(C)NC(=O)C(C)(C)N(OC(C1=CCCCC=C1)c1ccccc1)C(C)(C)C. The summed E-state index contributed by atoms with van der Waals surface area (Å²) in [4.78, 5) is 20.0. The van der Waals surface area contributed by atoms with Gasteiger partial charge in [0.25, 0.3) is 0 Å². The van der Waals surface area contributed by atoms with Gasteiger partial charge in [0.15, 0.2) is 0 Å². The van der Waals surface area contributed by atoms with Crippen LogP contribution in [0.4, 0.5) is 0 Å². The molecule has 1 aliphatic rings. The Morgan fingerprint density at radius 2 is 1.56 bits per heavy atom. The van der Waals surface area contributed by atoms with Crippen LogP contribution < -0.4 is 5.32 Å². The lowest BCUT2D eigenvalue weighted by atomic mass is 9.95. The lowest BCUT2D eigenvalue weighted by Crippen LogP contribution is -2.63. The second-order valence-corrected chi connectivity index (χ2v) is 10.7. The van der Waals surface area contributed by atoms with E-state index in [-0.39, 0.29) is 23.1 Å². The molecule has 0 aliphatic heterocycles. The Bertz CT molecular complexity index is 765. The molecule has 0 spiro atoms. The molecule has 32 heavy (non-hydrogen) atoms. The summed E-state index contributed by atoms with van der Waals surface area (Å²) in [5.41, 5.74) is 0.647. The van der Waals surface area contributed by atoms with Crippen LogP contribution in [-0.4, -0.2) is 27.6 Å². The number of hydroxylamine groups is 2. The number of allylic oxidation sites excluding steroid dienone is 2. The van der Waals surface area contributed by atoms with Crippen LogP contribution in [0.2, 0.25) is 0 Å². The number of benzene rings is 1. The molecule has 0 radical (unpaired) electrons. The van der Waals surface area contributed by atoms with Crippen molar-refractivity contribution in [3.8, 4) is 0 Å². The fourth-order valence-corrected chi connectivity index (χ4v) is 3.75. The number of nitrogens with zero attached hydrogens (tertiary/aromatic N) is 1. The van der Waals surface area contributed by atoms with Crippen molar-refractivity contribution in [3.05, 3.63) is 59.7 Å². The average molecular weight is 443 g/mol. The summed E-state index contributed by atoms with van der Waals surface area (Å²) in [5, 5.41) is 5.00. The number of rotatable bonds is 6. The van der Waals surface area contributed by atoms with Gasteiger partial charge in [0.1, 0.15) is 11.6 Å². The molecule has 1 unspecified atom stereocenters. The molecular formula is C28H46N2O2. The first-order chi connectivity index (χ1) is 14.8. The first-order valence-corrected chi connectivity index (χ1v) is 12.0. The summed E-state index contributed by atoms with van der Waals surface area (Å²) in [6, 6.07) is 10.3. The topological polar surface area (TPSA) is 41.6 Å². The molecule has 1 aliphatic carbocycles. The summed E-state index contributed by atoms with van der Waals surface area (Å²) in [5.74, 6) is -0.0536. The van der Waals surface area contributed by atoms with E-state index in [0.29, 0.717) is 0 Å². The Kier molecular flexibility index (Phi) is 10.4. The van der Waals surface area contributed by atoms with Crippen LogP contribution in [0.25, 0.3) is 0 Å². The predicted molar refractivity (Wildman–Crippen MR) is 136 cm³/mol. The highest BCUT2D eigenvalue weighted by Gasteiger charge is 2.44. The molecule has 0 bridgehead atoms. The standard InChI is InChI=1S/C26H40N2O2.C2H6/c1-24(2,3)27-23(29)26(7,8)28(25(4,5)6)30-22(21-18-14-11-15-19-21)20-16-12-9-10-13-17-20;1-2/h11-12,14-19,22H,9-10,13H2,1-8H3,(H,27,29);1-2H3. The van der Waals surface area contributed by atoms with Crippen LogP contribution in [0.3, 0.4) is 0 Å². The van der Waals surface area contributed by atoms with Crippen molar-refractivity contribution >= 4 is 5.91 Å². The zero-order chi connectivity index (χ0) is 24.6. The molecule has 0 fully saturated rings. The fraction of sp³-hybridized carbons (Fsp3) is 0.607. The van der Waals surface area contributed by atoms with Crippen molar-refractivity contribution in [3.63, 3.8) is 0 Å². The van der Waals surface area contributed by atoms with Crippen LogP contribution in [0.5, 0.6) is 0 Å². The van der Waals surface area contributed by atoms with E-state index in [1.54, 1.807) is 0 Å². The van der Waals surface area contributed by atoms with E-state index in [0.717, 1.165) is 30.4 Å². The van der Waals surface area contributed by atoms with E-state index in [2.05, 4.69) is 56.4 Å². The maximum atomic E-state index is 13.3. The molecule has 1 aromatic rings. The summed E-state index contributed by atoms with van der Waals surface area (Å²) in [6.45, 7) is 20.1. The Morgan fingerprint density at radius 1 is 0.969 bits per heavy atom. The van der Waals surface area contributed by atoms with Crippen molar-refractivity contribution in [1.29, 1.82) is 0 Å². The van der Waals surface area contributed by atoms with Gasteiger partial charge in [-0.1, -0.05) is 62.4 Å². The monoisotopic (exact) mass is 442 g/mol. The summed E-state index contributed by atoms with van der Waals surface area (Å²) in [6.07, 6.45) is 9.63. The molecular weight excluding hydrogens is 396 g/mol. The Morgan fingerprint density at radius 3 is 2.09 bits per heavy atom. The number of hydrogen-bond donors (Lipinski definition) is 1. The van der Waals surface area contributed by atoms with Crippen molar-refractivity contribution in [1.82, 2.24) is 10.4 Å². The number of carbonyl (C=O) groups excluding carboxylic acids is 1. The minimum Gasteiger partial charge on any atom is -0.350 e. The molecule has 0 saturated heterocycles. The van der Waals surface area contributed by atoms with Gasteiger partial charge in [0, 0.05) is 11.1 Å². The molecule has 180 valence electrons.